The highest BCUT2D eigenvalue weighted by atomic mass is 16.6. The second-order valence-corrected chi connectivity index (χ2v) is 3.51. The summed E-state index contributed by atoms with van der Waals surface area (Å²) in [5, 5.41) is 10.2. The molecule has 17 heavy (non-hydrogen) atoms. The van der Waals surface area contributed by atoms with E-state index in [4.69, 9.17) is 10.5 Å². The van der Waals surface area contributed by atoms with Crippen LogP contribution in [0.25, 0.3) is 0 Å². The first-order chi connectivity index (χ1) is 8.04. The molecule has 1 amide bonds. The molecule has 1 aliphatic rings. The maximum atomic E-state index is 11.4. The number of hydrogen-bond donors (Lipinski definition) is 1. The highest BCUT2D eigenvalue weighted by Gasteiger charge is 2.23. The topological polar surface area (TPSA) is 102 Å². The minimum atomic E-state index is -0.590. The van der Waals surface area contributed by atoms with E-state index in [9.17, 15) is 14.9 Å². The van der Waals surface area contributed by atoms with Gasteiger partial charge in [-0.05, 0) is 6.92 Å². The van der Waals surface area contributed by atoms with Crippen molar-refractivity contribution in [3.8, 4) is 0 Å². The van der Waals surface area contributed by atoms with Crippen molar-refractivity contribution in [3.05, 3.63) is 22.1 Å². The van der Waals surface area contributed by atoms with Gasteiger partial charge in [0, 0.05) is 26.2 Å². The Morgan fingerprint density at radius 1 is 1.41 bits per heavy atom. The van der Waals surface area contributed by atoms with Crippen LogP contribution < -0.4 is 5.73 Å². The van der Waals surface area contributed by atoms with E-state index in [1.165, 1.54) is 0 Å². The van der Waals surface area contributed by atoms with Gasteiger partial charge >= 0.3 is 6.09 Å². The molecule has 0 bridgehead atoms. The third kappa shape index (κ3) is 3.82. The second-order valence-electron chi connectivity index (χ2n) is 3.51. The zero-order valence-corrected chi connectivity index (χ0v) is 9.66. The standard InChI is InChI=1S/C9H16N4O4/c1-2-17-9(14)12-5-3-11(4-6-12)8(10)7-13(15)16/h7H,2-6,10H2,1H3/b8-7+. The molecule has 0 atom stereocenters. The van der Waals surface area contributed by atoms with Crippen LogP contribution in [0, 0.1) is 10.1 Å². The normalized spacial score (nSPS) is 16.9. The summed E-state index contributed by atoms with van der Waals surface area (Å²) < 4.78 is 4.86. The van der Waals surface area contributed by atoms with Gasteiger partial charge in [-0.2, -0.15) is 0 Å². The van der Waals surface area contributed by atoms with Gasteiger partial charge in [0.25, 0.3) is 6.20 Å². The molecule has 2 N–H and O–H groups in total. The SMILES string of the molecule is CCOC(=O)N1CCN(/C(N)=C/[N+](=O)[O-])CC1. The minimum Gasteiger partial charge on any atom is -0.450 e. The molecule has 1 heterocycles. The number of rotatable bonds is 3. The van der Waals surface area contributed by atoms with Gasteiger partial charge in [0.15, 0.2) is 5.82 Å². The van der Waals surface area contributed by atoms with Crippen molar-refractivity contribution in [2.24, 2.45) is 5.73 Å². The van der Waals surface area contributed by atoms with E-state index in [1.807, 2.05) is 0 Å². The molecule has 0 spiro atoms. The lowest BCUT2D eigenvalue weighted by Gasteiger charge is -2.34. The van der Waals surface area contributed by atoms with Crippen molar-refractivity contribution in [2.75, 3.05) is 32.8 Å². The number of ether oxygens (including phenoxy) is 1. The molecule has 0 aromatic heterocycles. The number of carbonyl (C=O) groups is 1. The fourth-order valence-electron chi connectivity index (χ4n) is 1.55. The number of piperazine rings is 1. The summed E-state index contributed by atoms with van der Waals surface area (Å²) in [6.07, 6.45) is 0.406. The molecule has 0 aromatic rings. The van der Waals surface area contributed by atoms with Crippen molar-refractivity contribution in [3.63, 3.8) is 0 Å². The molecule has 96 valence electrons. The lowest BCUT2D eigenvalue weighted by Crippen LogP contribution is -2.49. The minimum absolute atomic E-state index is 0.110. The molecule has 8 heteroatoms. The van der Waals surface area contributed by atoms with E-state index < -0.39 is 4.92 Å². The Hall–Kier alpha value is -1.99. The number of carbonyl (C=O) groups excluding carboxylic acids is 1. The van der Waals surface area contributed by atoms with Crippen LogP contribution in [-0.4, -0.2) is 53.6 Å². The van der Waals surface area contributed by atoms with Crippen molar-refractivity contribution in [1.29, 1.82) is 0 Å². The van der Waals surface area contributed by atoms with Crippen LogP contribution in [-0.2, 0) is 4.74 Å². The number of hydrogen-bond acceptors (Lipinski definition) is 6. The van der Waals surface area contributed by atoms with Crippen LogP contribution in [0.1, 0.15) is 6.92 Å². The summed E-state index contributed by atoms with van der Waals surface area (Å²) in [5.41, 5.74) is 5.54. The third-order valence-electron chi connectivity index (χ3n) is 2.41. The molecular formula is C9H16N4O4. The molecule has 0 radical (unpaired) electrons. The van der Waals surface area contributed by atoms with E-state index >= 15 is 0 Å². The van der Waals surface area contributed by atoms with Gasteiger partial charge in [0.2, 0.25) is 0 Å². The fraction of sp³-hybridized carbons (Fsp3) is 0.667. The van der Waals surface area contributed by atoms with Crippen molar-refractivity contribution < 1.29 is 14.5 Å². The first-order valence-corrected chi connectivity index (χ1v) is 5.32. The average molecular weight is 244 g/mol. The van der Waals surface area contributed by atoms with Crippen LogP contribution in [0.15, 0.2) is 12.0 Å². The number of amides is 1. The lowest BCUT2D eigenvalue weighted by atomic mass is 10.3. The van der Waals surface area contributed by atoms with Crippen LogP contribution in [0.4, 0.5) is 4.79 Å². The monoisotopic (exact) mass is 244 g/mol. The van der Waals surface area contributed by atoms with Crippen molar-refractivity contribution >= 4 is 6.09 Å². The Morgan fingerprint density at radius 2 is 1.94 bits per heavy atom. The van der Waals surface area contributed by atoms with Gasteiger partial charge < -0.3 is 20.3 Å². The molecule has 1 rings (SSSR count). The first-order valence-electron chi connectivity index (χ1n) is 5.32. The summed E-state index contributed by atoms with van der Waals surface area (Å²) in [5.74, 6) is 0.110. The van der Waals surface area contributed by atoms with Crippen molar-refractivity contribution in [2.45, 2.75) is 6.92 Å². The van der Waals surface area contributed by atoms with E-state index in [1.54, 1.807) is 16.7 Å². The first kappa shape index (κ1) is 13.1. The molecule has 1 aliphatic heterocycles. The molecule has 1 saturated heterocycles. The molecular weight excluding hydrogens is 228 g/mol. The molecule has 0 aliphatic carbocycles. The molecule has 0 aromatic carbocycles. The van der Waals surface area contributed by atoms with Crippen LogP contribution in [0.3, 0.4) is 0 Å². The van der Waals surface area contributed by atoms with Crippen LogP contribution in [0.5, 0.6) is 0 Å². The molecule has 0 saturated carbocycles. The second kappa shape index (κ2) is 5.92. The van der Waals surface area contributed by atoms with Gasteiger partial charge in [-0.15, -0.1) is 0 Å². The Kier molecular flexibility index (Phi) is 4.56. The van der Waals surface area contributed by atoms with Crippen molar-refractivity contribution in [1.82, 2.24) is 9.80 Å². The largest absolute Gasteiger partial charge is 0.450 e. The van der Waals surface area contributed by atoms with Gasteiger partial charge in [0.05, 0.1) is 11.5 Å². The maximum absolute atomic E-state index is 11.4. The highest BCUT2D eigenvalue weighted by molar-refractivity contribution is 5.67. The highest BCUT2D eigenvalue weighted by Crippen LogP contribution is 2.07. The summed E-state index contributed by atoms with van der Waals surface area (Å²) in [6, 6.07) is 0. The van der Waals surface area contributed by atoms with E-state index in [0.29, 0.717) is 32.8 Å². The van der Waals surface area contributed by atoms with E-state index in [0.717, 1.165) is 6.20 Å². The quantitative estimate of drug-likeness (QED) is 0.544. The number of nitro groups is 1. The van der Waals surface area contributed by atoms with Gasteiger partial charge in [-0.1, -0.05) is 0 Å². The number of nitrogens with two attached hydrogens (primary N) is 1. The summed E-state index contributed by atoms with van der Waals surface area (Å²) in [7, 11) is 0. The predicted octanol–water partition coefficient (Wildman–Crippen LogP) is -0.205. The van der Waals surface area contributed by atoms with Gasteiger partial charge in [-0.25, -0.2) is 4.79 Å². The Morgan fingerprint density at radius 3 is 2.41 bits per heavy atom. The fourth-order valence-corrected chi connectivity index (χ4v) is 1.55. The van der Waals surface area contributed by atoms with Gasteiger partial charge in [-0.3, -0.25) is 10.1 Å². The predicted molar refractivity (Wildman–Crippen MR) is 59.4 cm³/mol. The summed E-state index contributed by atoms with van der Waals surface area (Å²) in [4.78, 5) is 24.3. The molecule has 0 unspecified atom stereocenters. The summed E-state index contributed by atoms with van der Waals surface area (Å²) >= 11 is 0. The zero-order chi connectivity index (χ0) is 12.8. The molecule has 1 fully saturated rings. The lowest BCUT2D eigenvalue weighted by molar-refractivity contribution is -0.404. The van der Waals surface area contributed by atoms with Gasteiger partial charge in [0.1, 0.15) is 0 Å². The van der Waals surface area contributed by atoms with E-state index in [2.05, 4.69) is 0 Å². The maximum Gasteiger partial charge on any atom is 0.409 e. The summed E-state index contributed by atoms with van der Waals surface area (Å²) in [6.45, 7) is 3.91. The Balaban J connectivity index is 2.45. The number of nitrogens with zero attached hydrogens (tertiary/aromatic N) is 3. The van der Waals surface area contributed by atoms with Crippen LogP contribution >= 0.6 is 0 Å². The Bertz CT molecular complexity index is 323. The zero-order valence-electron chi connectivity index (χ0n) is 9.66. The van der Waals surface area contributed by atoms with E-state index in [-0.39, 0.29) is 11.9 Å². The third-order valence-corrected chi connectivity index (χ3v) is 2.41. The molecule has 8 nitrogen and oxygen atoms in total. The Labute approximate surface area is 98.8 Å². The average Bonchev–Trinajstić information content (AvgIpc) is 2.28. The van der Waals surface area contributed by atoms with Crippen LogP contribution in [0.2, 0.25) is 0 Å². The smallest absolute Gasteiger partial charge is 0.409 e.